The minimum Gasteiger partial charge on any atom is -0.468 e. The van der Waals surface area contributed by atoms with Crippen LogP contribution in [0.4, 0.5) is 0 Å². The van der Waals surface area contributed by atoms with Crippen LogP contribution in [0, 0.1) is 0 Å². The monoisotopic (exact) mass is 305 g/mol. The molecule has 0 unspecified atom stereocenters. The van der Waals surface area contributed by atoms with Gasteiger partial charge in [-0.15, -0.1) is 0 Å². The fourth-order valence-electron chi connectivity index (χ4n) is 2.28. The molecule has 1 fully saturated rings. The second-order valence-electron chi connectivity index (χ2n) is 6.66. The van der Waals surface area contributed by atoms with E-state index in [4.69, 9.17) is 15.0 Å². The molecular weight excluding hydrogens is 281 g/mol. The van der Waals surface area contributed by atoms with Crippen LogP contribution in [0.15, 0.2) is 24.3 Å². The van der Waals surface area contributed by atoms with Crippen LogP contribution in [0.3, 0.4) is 0 Å². The van der Waals surface area contributed by atoms with Gasteiger partial charge in [-0.25, -0.2) is 0 Å². The van der Waals surface area contributed by atoms with Crippen molar-refractivity contribution in [1.29, 1.82) is 0 Å². The van der Waals surface area contributed by atoms with E-state index >= 15 is 0 Å². The van der Waals surface area contributed by atoms with E-state index in [1.807, 2.05) is 52.0 Å². The van der Waals surface area contributed by atoms with Crippen LogP contribution in [0.25, 0.3) is 0 Å². The van der Waals surface area contributed by atoms with Crippen LogP contribution in [-0.4, -0.2) is 37.4 Å². The molecule has 0 spiro atoms. The fraction of sp³-hybridized carbons (Fsp3) is 0.562. The largest absolute Gasteiger partial charge is 0.494 e. The van der Waals surface area contributed by atoms with Crippen molar-refractivity contribution < 1.29 is 18.8 Å². The first-order valence-electron chi connectivity index (χ1n) is 7.44. The molecule has 22 heavy (non-hydrogen) atoms. The molecule has 120 valence electrons. The van der Waals surface area contributed by atoms with Gasteiger partial charge in [-0.05, 0) is 45.1 Å². The second kappa shape index (κ2) is 6.03. The van der Waals surface area contributed by atoms with E-state index in [-0.39, 0.29) is 18.3 Å². The van der Waals surface area contributed by atoms with E-state index < -0.39 is 12.0 Å². The number of ether oxygens (including phenoxy) is 1. The third kappa shape index (κ3) is 3.34. The number of rotatable bonds is 4. The molecule has 0 radical (unpaired) electrons. The average Bonchev–Trinajstić information content (AvgIpc) is 2.67. The third-order valence-corrected chi connectivity index (χ3v) is 4.46. The van der Waals surface area contributed by atoms with Gasteiger partial charge in [0.1, 0.15) is 6.04 Å². The maximum atomic E-state index is 11.3. The van der Waals surface area contributed by atoms with E-state index in [0.717, 1.165) is 11.0 Å². The molecule has 6 heteroatoms. The van der Waals surface area contributed by atoms with Gasteiger partial charge >= 0.3 is 13.1 Å². The SMILES string of the molecule is COC(=O)[C@H](N)Cc1ccc(B2OC(C)(C)C(C)(C)O2)cc1. The Hall–Kier alpha value is -1.37. The Balaban J connectivity index is 2.06. The van der Waals surface area contributed by atoms with Crippen molar-refractivity contribution in [3.63, 3.8) is 0 Å². The highest BCUT2D eigenvalue weighted by molar-refractivity contribution is 6.62. The standard InChI is InChI=1S/C16H24BNO4/c1-15(2)16(3,4)22-17(21-15)12-8-6-11(7-9-12)10-13(18)14(19)20-5/h6-9,13H,10,18H2,1-5H3/t13-/m1/s1. The summed E-state index contributed by atoms with van der Waals surface area (Å²) < 4.78 is 16.6. The average molecular weight is 305 g/mol. The van der Waals surface area contributed by atoms with Gasteiger partial charge in [-0.1, -0.05) is 24.3 Å². The summed E-state index contributed by atoms with van der Waals surface area (Å²) in [7, 11) is 0.956. The van der Waals surface area contributed by atoms with E-state index in [9.17, 15) is 4.79 Å². The minimum atomic E-state index is -0.646. The molecule has 0 aromatic heterocycles. The number of hydrogen-bond donors (Lipinski definition) is 1. The van der Waals surface area contributed by atoms with Gasteiger partial charge < -0.3 is 19.8 Å². The first kappa shape index (κ1) is 17.0. The Kier molecular flexibility index (Phi) is 4.66. The Bertz CT molecular complexity index is 526. The smallest absolute Gasteiger partial charge is 0.468 e. The summed E-state index contributed by atoms with van der Waals surface area (Å²) in [6.07, 6.45) is 0.441. The zero-order valence-electron chi connectivity index (χ0n) is 13.9. The number of carbonyl (C=O) groups excluding carboxylic acids is 1. The van der Waals surface area contributed by atoms with Gasteiger partial charge in [0.25, 0.3) is 0 Å². The number of methoxy groups -OCH3 is 1. The van der Waals surface area contributed by atoms with Crippen LogP contribution >= 0.6 is 0 Å². The van der Waals surface area contributed by atoms with Gasteiger partial charge in [0.2, 0.25) is 0 Å². The van der Waals surface area contributed by atoms with Crippen molar-refractivity contribution in [3.05, 3.63) is 29.8 Å². The summed E-state index contributed by atoms with van der Waals surface area (Å²) in [6, 6.07) is 7.11. The minimum absolute atomic E-state index is 0.358. The lowest BCUT2D eigenvalue weighted by Gasteiger charge is -2.32. The molecule has 1 atom stereocenters. The molecular formula is C16H24BNO4. The predicted octanol–water partition coefficient (Wildman–Crippen LogP) is 1.03. The summed E-state index contributed by atoms with van der Waals surface area (Å²) in [4.78, 5) is 11.3. The van der Waals surface area contributed by atoms with Gasteiger partial charge in [-0.2, -0.15) is 0 Å². The van der Waals surface area contributed by atoms with Crippen LogP contribution in [-0.2, 0) is 25.3 Å². The molecule has 0 amide bonds. The zero-order chi connectivity index (χ0) is 16.5. The maximum absolute atomic E-state index is 11.3. The van der Waals surface area contributed by atoms with Crippen molar-refractivity contribution in [2.45, 2.75) is 51.4 Å². The molecule has 0 bridgehead atoms. The van der Waals surface area contributed by atoms with E-state index in [1.54, 1.807) is 0 Å². The molecule has 0 saturated carbocycles. The number of hydrogen-bond acceptors (Lipinski definition) is 5. The van der Waals surface area contributed by atoms with E-state index in [1.165, 1.54) is 7.11 Å². The summed E-state index contributed by atoms with van der Waals surface area (Å²) in [6.45, 7) is 8.10. The molecule has 2 rings (SSSR count). The zero-order valence-corrected chi connectivity index (χ0v) is 13.9. The molecule has 1 saturated heterocycles. The van der Waals surface area contributed by atoms with Crippen molar-refractivity contribution >= 4 is 18.6 Å². The lowest BCUT2D eigenvalue weighted by Crippen LogP contribution is -2.41. The number of benzene rings is 1. The molecule has 1 aliphatic rings. The van der Waals surface area contributed by atoms with Gasteiger partial charge in [0.05, 0.1) is 18.3 Å². The van der Waals surface area contributed by atoms with E-state index in [0.29, 0.717) is 6.42 Å². The lowest BCUT2D eigenvalue weighted by molar-refractivity contribution is -0.142. The van der Waals surface area contributed by atoms with Crippen molar-refractivity contribution in [3.8, 4) is 0 Å². The Morgan fingerprint density at radius 3 is 2.14 bits per heavy atom. The van der Waals surface area contributed by atoms with Crippen molar-refractivity contribution in [1.82, 2.24) is 0 Å². The molecule has 0 aliphatic carbocycles. The van der Waals surface area contributed by atoms with Gasteiger partial charge in [0.15, 0.2) is 0 Å². The molecule has 1 heterocycles. The number of nitrogens with two attached hydrogens (primary N) is 1. The van der Waals surface area contributed by atoms with Crippen LogP contribution in [0.2, 0.25) is 0 Å². The normalized spacial score (nSPS) is 20.7. The quantitative estimate of drug-likeness (QED) is 0.664. The Morgan fingerprint density at radius 1 is 1.18 bits per heavy atom. The first-order valence-corrected chi connectivity index (χ1v) is 7.44. The van der Waals surface area contributed by atoms with Crippen molar-refractivity contribution in [2.75, 3.05) is 7.11 Å². The summed E-state index contributed by atoms with van der Waals surface area (Å²) in [5.41, 5.74) is 6.98. The molecule has 5 nitrogen and oxygen atoms in total. The lowest BCUT2D eigenvalue weighted by atomic mass is 9.78. The number of carbonyl (C=O) groups is 1. The molecule has 1 aliphatic heterocycles. The fourth-order valence-corrected chi connectivity index (χ4v) is 2.28. The van der Waals surface area contributed by atoms with Gasteiger partial charge in [0, 0.05) is 0 Å². The Morgan fingerprint density at radius 2 is 1.68 bits per heavy atom. The van der Waals surface area contributed by atoms with Crippen LogP contribution in [0.5, 0.6) is 0 Å². The maximum Gasteiger partial charge on any atom is 0.494 e. The van der Waals surface area contributed by atoms with Crippen molar-refractivity contribution in [2.24, 2.45) is 5.73 Å². The molecule has 1 aromatic carbocycles. The second-order valence-corrected chi connectivity index (χ2v) is 6.66. The summed E-state index contributed by atoms with van der Waals surface area (Å²) in [5.74, 6) is -0.407. The van der Waals surface area contributed by atoms with Gasteiger partial charge in [-0.3, -0.25) is 4.79 Å². The third-order valence-electron chi connectivity index (χ3n) is 4.46. The topological polar surface area (TPSA) is 70.8 Å². The highest BCUT2D eigenvalue weighted by Gasteiger charge is 2.51. The van der Waals surface area contributed by atoms with Crippen LogP contribution < -0.4 is 11.2 Å². The van der Waals surface area contributed by atoms with E-state index in [2.05, 4.69) is 4.74 Å². The molecule has 2 N–H and O–H groups in total. The highest BCUT2D eigenvalue weighted by atomic mass is 16.7. The highest BCUT2D eigenvalue weighted by Crippen LogP contribution is 2.36. The number of esters is 1. The summed E-state index contributed by atoms with van der Waals surface area (Å²) in [5, 5.41) is 0. The molecule has 1 aromatic rings. The van der Waals surface area contributed by atoms with Crippen LogP contribution in [0.1, 0.15) is 33.3 Å². The first-order chi connectivity index (χ1) is 10.2. The Labute approximate surface area is 132 Å². The summed E-state index contributed by atoms with van der Waals surface area (Å²) >= 11 is 0. The predicted molar refractivity (Wildman–Crippen MR) is 85.9 cm³/mol.